The SMILES string of the molecule is CC(C)(O)c1ccc2cc(OC[SiH3])ccc2c1. The van der Waals surface area contributed by atoms with E-state index in [-0.39, 0.29) is 0 Å². The van der Waals surface area contributed by atoms with E-state index < -0.39 is 5.60 Å². The Bertz CT molecular complexity index is 529. The van der Waals surface area contributed by atoms with Gasteiger partial charge in [-0.15, -0.1) is 0 Å². The fourth-order valence-electron chi connectivity index (χ4n) is 1.86. The number of aliphatic hydroxyl groups is 1. The molecular formula is C14H18O2Si. The first-order valence-electron chi connectivity index (χ1n) is 5.90. The third-order valence-electron chi connectivity index (χ3n) is 2.83. The molecule has 2 nitrogen and oxygen atoms in total. The van der Waals surface area contributed by atoms with Gasteiger partial charge in [-0.1, -0.05) is 18.2 Å². The molecule has 0 radical (unpaired) electrons. The smallest absolute Gasteiger partial charge is 0.119 e. The molecule has 2 aromatic rings. The van der Waals surface area contributed by atoms with Crippen molar-refractivity contribution in [2.75, 3.05) is 6.23 Å². The number of ether oxygens (including phenoxy) is 1. The van der Waals surface area contributed by atoms with E-state index in [1.54, 1.807) is 13.8 Å². The van der Waals surface area contributed by atoms with E-state index in [1.165, 1.54) is 0 Å². The maximum absolute atomic E-state index is 9.97. The van der Waals surface area contributed by atoms with Crippen LogP contribution in [0, 0.1) is 0 Å². The lowest BCUT2D eigenvalue weighted by Crippen LogP contribution is -2.14. The predicted molar refractivity (Wildman–Crippen MR) is 74.6 cm³/mol. The Hall–Kier alpha value is -1.32. The van der Waals surface area contributed by atoms with Gasteiger partial charge >= 0.3 is 0 Å². The third-order valence-corrected chi connectivity index (χ3v) is 3.12. The predicted octanol–water partition coefficient (Wildman–Crippen LogP) is 1.77. The Morgan fingerprint density at radius 3 is 2.41 bits per heavy atom. The Kier molecular flexibility index (Phi) is 3.22. The molecule has 3 heteroatoms. The van der Waals surface area contributed by atoms with Crippen LogP contribution < -0.4 is 4.74 Å². The topological polar surface area (TPSA) is 29.5 Å². The van der Waals surface area contributed by atoms with Gasteiger partial charge in [0.15, 0.2) is 0 Å². The summed E-state index contributed by atoms with van der Waals surface area (Å²) < 4.78 is 5.52. The minimum Gasteiger partial charge on any atom is -0.498 e. The molecule has 90 valence electrons. The lowest BCUT2D eigenvalue weighted by Gasteiger charge is -2.18. The van der Waals surface area contributed by atoms with Gasteiger partial charge in [-0.05, 0) is 48.4 Å². The molecule has 0 saturated heterocycles. The summed E-state index contributed by atoms with van der Waals surface area (Å²) in [5.74, 6) is 0.920. The van der Waals surface area contributed by atoms with Gasteiger partial charge in [-0.2, -0.15) is 0 Å². The molecule has 0 unspecified atom stereocenters. The summed E-state index contributed by atoms with van der Waals surface area (Å²) in [4.78, 5) is 0. The van der Waals surface area contributed by atoms with Gasteiger partial charge in [0.05, 0.1) is 22.1 Å². The quantitative estimate of drug-likeness (QED) is 0.836. The minimum atomic E-state index is -0.793. The standard InChI is InChI=1S/C14H18O2Si/c1-14(2,15)12-5-3-11-8-13(16-9-17)6-4-10(11)7-12/h3-8,15H,9H2,1-2,17H3. The minimum absolute atomic E-state index is 0.793. The van der Waals surface area contributed by atoms with E-state index in [4.69, 9.17) is 4.74 Å². The van der Waals surface area contributed by atoms with Gasteiger partial charge in [0, 0.05) is 0 Å². The van der Waals surface area contributed by atoms with Crippen molar-refractivity contribution in [2.45, 2.75) is 19.4 Å². The van der Waals surface area contributed by atoms with Crippen molar-refractivity contribution in [3.8, 4) is 5.75 Å². The first kappa shape index (κ1) is 12.1. The molecule has 2 aromatic carbocycles. The first-order valence-corrected chi connectivity index (χ1v) is 7.31. The summed E-state index contributed by atoms with van der Waals surface area (Å²) in [6.07, 6.45) is 0.813. The largest absolute Gasteiger partial charge is 0.498 e. The Balaban J connectivity index is 2.47. The van der Waals surface area contributed by atoms with Gasteiger partial charge in [-0.25, -0.2) is 0 Å². The molecule has 0 fully saturated rings. The second-order valence-electron chi connectivity index (χ2n) is 4.72. The average molecular weight is 246 g/mol. The number of rotatable bonds is 3. The van der Waals surface area contributed by atoms with Crippen LogP contribution in [0.2, 0.25) is 0 Å². The third kappa shape index (κ3) is 2.68. The fraction of sp³-hybridized carbons (Fsp3) is 0.286. The van der Waals surface area contributed by atoms with Gasteiger partial charge in [0.25, 0.3) is 0 Å². The van der Waals surface area contributed by atoms with Crippen LogP contribution in [0.25, 0.3) is 10.8 Å². The van der Waals surface area contributed by atoms with Crippen molar-refractivity contribution in [1.29, 1.82) is 0 Å². The molecule has 0 bridgehead atoms. The van der Waals surface area contributed by atoms with Crippen LogP contribution in [0.5, 0.6) is 5.75 Å². The monoisotopic (exact) mass is 246 g/mol. The Morgan fingerprint density at radius 2 is 1.76 bits per heavy atom. The number of hydrogen-bond donors (Lipinski definition) is 1. The normalized spacial score (nSPS) is 11.9. The van der Waals surface area contributed by atoms with Crippen LogP contribution in [0.1, 0.15) is 19.4 Å². The van der Waals surface area contributed by atoms with E-state index in [1.807, 2.05) is 36.4 Å². The van der Waals surface area contributed by atoms with Crippen molar-refractivity contribution in [2.24, 2.45) is 0 Å². The molecule has 0 aliphatic carbocycles. The molecule has 0 aromatic heterocycles. The highest BCUT2D eigenvalue weighted by molar-refractivity contribution is 6.08. The van der Waals surface area contributed by atoms with Crippen LogP contribution >= 0.6 is 0 Å². The van der Waals surface area contributed by atoms with E-state index in [9.17, 15) is 5.11 Å². The molecule has 0 amide bonds. The second-order valence-corrected chi connectivity index (χ2v) is 5.29. The molecule has 0 saturated carbocycles. The highest BCUT2D eigenvalue weighted by atomic mass is 28.1. The fourth-order valence-corrected chi connectivity index (χ4v) is 2.19. The summed E-state index contributed by atoms with van der Waals surface area (Å²) in [5.41, 5.74) is 0.139. The first-order chi connectivity index (χ1) is 8.00. The number of benzene rings is 2. The molecule has 0 aliphatic rings. The molecule has 0 spiro atoms. The van der Waals surface area contributed by atoms with E-state index in [0.29, 0.717) is 0 Å². The summed E-state index contributed by atoms with van der Waals surface area (Å²) in [7, 11) is 1.04. The lowest BCUT2D eigenvalue weighted by atomic mass is 9.95. The highest BCUT2D eigenvalue weighted by Crippen LogP contribution is 2.26. The van der Waals surface area contributed by atoms with Crippen molar-refractivity contribution < 1.29 is 9.84 Å². The number of fused-ring (bicyclic) bond motifs is 1. The van der Waals surface area contributed by atoms with Crippen LogP contribution in [-0.2, 0) is 5.60 Å². The molecule has 1 N–H and O–H groups in total. The zero-order chi connectivity index (χ0) is 12.5. The van der Waals surface area contributed by atoms with Crippen molar-refractivity contribution >= 4 is 21.0 Å². The molecule has 2 rings (SSSR count). The zero-order valence-corrected chi connectivity index (χ0v) is 12.5. The van der Waals surface area contributed by atoms with Gasteiger partial charge in [-0.3, -0.25) is 0 Å². The maximum Gasteiger partial charge on any atom is 0.119 e. The van der Waals surface area contributed by atoms with Crippen molar-refractivity contribution in [3.63, 3.8) is 0 Å². The van der Waals surface area contributed by atoms with Crippen molar-refractivity contribution in [1.82, 2.24) is 0 Å². The van der Waals surface area contributed by atoms with Gasteiger partial charge in [0.2, 0.25) is 0 Å². The summed E-state index contributed by atoms with van der Waals surface area (Å²) in [6, 6.07) is 12.1. The highest BCUT2D eigenvalue weighted by Gasteiger charge is 2.15. The van der Waals surface area contributed by atoms with Crippen LogP contribution in [0.15, 0.2) is 36.4 Å². The summed E-state index contributed by atoms with van der Waals surface area (Å²) in [6.45, 7) is 3.60. The van der Waals surface area contributed by atoms with Crippen LogP contribution in [0.4, 0.5) is 0 Å². The van der Waals surface area contributed by atoms with Crippen LogP contribution in [0.3, 0.4) is 0 Å². The summed E-state index contributed by atoms with van der Waals surface area (Å²) in [5, 5.41) is 12.2. The molecule has 0 heterocycles. The van der Waals surface area contributed by atoms with E-state index in [0.717, 1.165) is 38.6 Å². The lowest BCUT2D eigenvalue weighted by molar-refractivity contribution is 0.0787. The molecule has 17 heavy (non-hydrogen) atoms. The molecule has 0 atom stereocenters. The average Bonchev–Trinajstić information content (AvgIpc) is 2.27. The summed E-state index contributed by atoms with van der Waals surface area (Å²) >= 11 is 0. The Morgan fingerprint density at radius 1 is 1.12 bits per heavy atom. The second kappa shape index (κ2) is 4.51. The molecule has 0 aliphatic heterocycles. The van der Waals surface area contributed by atoms with Crippen LogP contribution in [-0.4, -0.2) is 21.6 Å². The van der Waals surface area contributed by atoms with Gasteiger partial charge in [0.1, 0.15) is 5.75 Å². The van der Waals surface area contributed by atoms with E-state index in [2.05, 4.69) is 0 Å². The zero-order valence-electron chi connectivity index (χ0n) is 10.5. The number of hydrogen-bond acceptors (Lipinski definition) is 2. The maximum atomic E-state index is 9.97. The van der Waals surface area contributed by atoms with Gasteiger partial charge < -0.3 is 9.84 Å². The van der Waals surface area contributed by atoms with E-state index >= 15 is 0 Å². The molecular weight excluding hydrogens is 228 g/mol. The van der Waals surface area contributed by atoms with Crippen molar-refractivity contribution in [3.05, 3.63) is 42.0 Å². The Labute approximate surface area is 105 Å².